The third-order valence-corrected chi connectivity index (χ3v) is 6.84. The van der Waals surface area contributed by atoms with E-state index in [4.69, 9.17) is 0 Å². The second-order valence-electron chi connectivity index (χ2n) is 10.9. The van der Waals surface area contributed by atoms with E-state index in [-0.39, 0.29) is 0 Å². The molecule has 0 heterocycles. The molecule has 0 saturated carbocycles. The van der Waals surface area contributed by atoms with Gasteiger partial charge in [0.1, 0.15) is 0 Å². The highest BCUT2D eigenvalue weighted by Crippen LogP contribution is 2.33. The molecular weight excluding hydrogens is 300 g/mol. The van der Waals surface area contributed by atoms with E-state index in [2.05, 4.69) is 76.2 Å². The molecule has 0 aromatic heterocycles. The normalized spacial score (nSPS) is 21.0. The molecule has 0 fully saturated rings. The molecule has 0 aromatic rings. The number of rotatable bonds is 13. The second kappa shape index (κ2) is 12.4. The van der Waals surface area contributed by atoms with E-state index in [1.165, 1.54) is 32.1 Å². The predicted molar refractivity (Wildman–Crippen MR) is 117 cm³/mol. The summed E-state index contributed by atoms with van der Waals surface area (Å²) in [4.78, 5) is 0. The van der Waals surface area contributed by atoms with E-state index in [9.17, 15) is 0 Å². The van der Waals surface area contributed by atoms with E-state index in [1.807, 2.05) is 0 Å². The summed E-state index contributed by atoms with van der Waals surface area (Å²) in [7, 11) is 0. The Hall–Kier alpha value is 0. The predicted octanol–water partition coefficient (Wildman–Crippen LogP) is 8.70. The van der Waals surface area contributed by atoms with Crippen LogP contribution in [0.1, 0.15) is 108 Å². The van der Waals surface area contributed by atoms with Crippen molar-refractivity contribution in [2.75, 3.05) is 0 Å². The molecule has 0 aliphatic rings. The summed E-state index contributed by atoms with van der Waals surface area (Å²) < 4.78 is 0. The van der Waals surface area contributed by atoms with Crippen LogP contribution in [0.3, 0.4) is 0 Å². The molecule has 7 unspecified atom stereocenters. The van der Waals surface area contributed by atoms with Crippen molar-refractivity contribution >= 4 is 0 Å². The van der Waals surface area contributed by atoms with Gasteiger partial charge >= 0.3 is 0 Å². The van der Waals surface area contributed by atoms with E-state index >= 15 is 0 Å². The summed E-state index contributed by atoms with van der Waals surface area (Å²) in [5, 5.41) is 0. The Morgan fingerprint density at radius 1 is 0.400 bits per heavy atom. The summed E-state index contributed by atoms with van der Waals surface area (Å²) in [6.07, 6.45) is 7.03. The van der Waals surface area contributed by atoms with E-state index in [1.54, 1.807) is 0 Å². The smallest absolute Gasteiger partial charge is 0.0389 e. The maximum Gasteiger partial charge on any atom is -0.0389 e. The van der Waals surface area contributed by atoms with Gasteiger partial charge in [0.15, 0.2) is 0 Å². The second-order valence-corrected chi connectivity index (χ2v) is 10.9. The first-order valence-corrected chi connectivity index (χ1v) is 11.4. The molecule has 0 aliphatic heterocycles. The van der Waals surface area contributed by atoms with Crippen molar-refractivity contribution in [1.29, 1.82) is 0 Å². The minimum atomic E-state index is 0.806. The minimum absolute atomic E-state index is 0.806. The lowest BCUT2D eigenvalue weighted by Crippen LogP contribution is -2.23. The summed E-state index contributed by atoms with van der Waals surface area (Å²) >= 11 is 0. The molecule has 0 rings (SSSR count). The Bertz CT molecular complexity index is 316. The highest BCUT2D eigenvalue weighted by atomic mass is 14.3. The van der Waals surface area contributed by atoms with Gasteiger partial charge in [-0.1, -0.05) is 76.2 Å². The maximum atomic E-state index is 2.49. The average Bonchev–Trinajstić information content (AvgIpc) is 2.43. The summed E-state index contributed by atoms with van der Waals surface area (Å²) in [5.41, 5.74) is 0. The molecule has 0 aliphatic carbocycles. The minimum Gasteiger partial charge on any atom is -0.0628 e. The van der Waals surface area contributed by atoms with Gasteiger partial charge < -0.3 is 0 Å². The summed E-state index contributed by atoms with van der Waals surface area (Å²) in [5.74, 6) is 7.69. The SMILES string of the molecule is CC(C)CC(C)CC(C)CC(C)CC(C)CC(C)C(C)C(C)C(C)C. The zero-order valence-electron chi connectivity index (χ0n) is 19.7. The van der Waals surface area contributed by atoms with Crippen LogP contribution in [0.5, 0.6) is 0 Å². The van der Waals surface area contributed by atoms with Gasteiger partial charge in [0.25, 0.3) is 0 Å². The molecule has 0 heteroatoms. The van der Waals surface area contributed by atoms with E-state index < -0.39 is 0 Å². The molecular formula is C25H52. The van der Waals surface area contributed by atoms with Crippen LogP contribution < -0.4 is 0 Å². The van der Waals surface area contributed by atoms with Crippen LogP contribution in [0, 0.1) is 53.3 Å². The topological polar surface area (TPSA) is 0 Å². The largest absolute Gasteiger partial charge is 0.0628 e. The van der Waals surface area contributed by atoms with Crippen molar-refractivity contribution in [3.05, 3.63) is 0 Å². The van der Waals surface area contributed by atoms with Gasteiger partial charge in [-0.15, -0.1) is 0 Å². The van der Waals surface area contributed by atoms with Crippen molar-refractivity contribution in [2.45, 2.75) is 108 Å². The first-order chi connectivity index (χ1) is 11.4. The molecule has 0 nitrogen and oxygen atoms in total. The standard InChI is InChI=1S/C25H52/c1-17(2)12-19(5)13-20(6)14-21(7)15-22(8)16-23(9)25(11)24(10)18(3)4/h17-25H,12-16H2,1-11H3. The average molecular weight is 353 g/mol. The highest BCUT2D eigenvalue weighted by molar-refractivity contribution is 4.74. The van der Waals surface area contributed by atoms with E-state index in [0.29, 0.717) is 0 Å². The van der Waals surface area contributed by atoms with Crippen molar-refractivity contribution in [2.24, 2.45) is 53.3 Å². The Morgan fingerprint density at radius 2 is 0.760 bits per heavy atom. The van der Waals surface area contributed by atoms with Gasteiger partial charge in [-0.2, -0.15) is 0 Å². The van der Waals surface area contributed by atoms with Gasteiger partial charge in [0.05, 0.1) is 0 Å². The van der Waals surface area contributed by atoms with Crippen molar-refractivity contribution in [3.8, 4) is 0 Å². The number of hydrogen-bond acceptors (Lipinski definition) is 0. The first kappa shape index (κ1) is 25.0. The monoisotopic (exact) mass is 352 g/mol. The van der Waals surface area contributed by atoms with Crippen molar-refractivity contribution < 1.29 is 0 Å². The number of hydrogen-bond donors (Lipinski definition) is 0. The van der Waals surface area contributed by atoms with Crippen LogP contribution in [0.4, 0.5) is 0 Å². The van der Waals surface area contributed by atoms with E-state index in [0.717, 1.165) is 53.3 Å². The fraction of sp³-hybridized carbons (Fsp3) is 1.00. The molecule has 0 bridgehead atoms. The third-order valence-electron chi connectivity index (χ3n) is 6.84. The molecule has 0 radical (unpaired) electrons. The van der Waals surface area contributed by atoms with Crippen LogP contribution >= 0.6 is 0 Å². The Balaban J connectivity index is 4.22. The van der Waals surface area contributed by atoms with Gasteiger partial charge in [0.2, 0.25) is 0 Å². The van der Waals surface area contributed by atoms with Crippen LogP contribution in [0.15, 0.2) is 0 Å². The molecule has 0 aromatic carbocycles. The Labute approximate surface area is 161 Å². The fourth-order valence-electron chi connectivity index (χ4n) is 5.22. The Morgan fingerprint density at radius 3 is 1.12 bits per heavy atom. The van der Waals surface area contributed by atoms with Gasteiger partial charge in [-0.25, -0.2) is 0 Å². The molecule has 0 N–H and O–H groups in total. The van der Waals surface area contributed by atoms with Crippen LogP contribution in [-0.2, 0) is 0 Å². The van der Waals surface area contributed by atoms with Crippen LogP contribution in [0.25, 0.3) is 0 Å². The fourth-order valence-corrected chi connectivity index (χ4v) is 5.22. The lowest BCUT2D eigenvalue weighted by atomic mass is 9.74. The van der Waals surface area contributed by atoms with Gasteiger partial charge in [-0.3, -0.25) is 0 Å². The highest BCUT2D eigenvalue weighted by Gasteiger charge is 2.24. The third kappa shape index (κ3) is 11.3. The van der Waals surface area contributed by atoms with Crippen molar-refractivity contribution in [3.63, 3.8) is 0 Å². The molecule has 0 saturated heterocycles. The van der Waals surface area contributed by atoms with Crippen LogP contribution in [0.2, 0.25) is 0 Å². The summed E-state index contributed by atoms with van der Waals surface area (Å²) in [6, 6.07) is 0. The van der Waals surface area contributed by atoms with Gasteiger partial charge in [0, 0.05) is 0 Å². The van der Waals surface area contributed by atoms with Gasteiger partial charge in [-0.05, 0) is 85.4 Å². The molecule has 7 atom stereocenters. The molecule has 0 spiro atoms. The quantitative estimate of drug-likeness (QED) is 0.311. The lowest BCUT2D eigenvalue weighted by Gasteiger charge is -2.31. The van der Waals surface area contributed by atoms with Crippen molar-refractivity contribution in [1.82, 2.24) is 0 Å². The molecule has 152 valence electrons. The molecule has 0 amide bonds. The maximum absolute atomic E-state index is 2.49. The first-order valence-electron chi connectivity index (χ1n) is 11.4. The lowest BCUT2D eigenvalue weighted by molar-refractivity contribution is 0.187. The zero-order valence-corrected chi connectivity index (χ0v) is 19.7. The molecule has 25 heavy (non-hydrogen) atoms. The zero-order chi connectivity index (χ0) is 19.7. The Kier molecular flexibility index (Phi) is 12.4. The summed E-state index contributed by atoms with van der Waals surface area (Å²) in [6.45, 7) is 26.8. The van der Waals surface area contributed by atoms with Crippen LogP contribution in [-0.4, -0.2) is 0 Å².